The number of carbonyl (C=O) groups is 1. The van der Waals surface area contributed by atoms with Gasteiger partial charge in [0.25, 0.3) is 5.91 Å². The molecule has 5 nitrogen and oxygen atoms in total. The van der Waals surface area contributed by atoms with Gasteiger partial charge < -0.3 is 5.32 Å². The van der Waals surface area contributed by atoms with E-state index in [-0.39, 0.29) is 5.91 Å². The lowest BCUT2D eigenvalue weighted by atomic mass is 10.0. The number of terminal acetylenes is 1. The molecule has 0 saturated heterocycles. The predicted octanol–water partition coefficient (Wildman–Crippen LogP) is 2.02. The first-order valence-electron chi connectivity index (χ1n) is 5.78. The molecule has 0 aliphatic rings. The van der Waals surface area contributed by atoms with Crippen molar-refractivity contribution in [2.45, 2.75) is 25.8 Å². The van der Waals surface area contributed by atoms with Crippen LogP contribution in [-0.4, -0.2) is 26.0 Å². The summed E-state index contributed by atoms with van der Waals surface area (Å²) in [6, 6.07) is 1.62. The summed E-state index contributed by atoms with van der Waals surface area (Å²) in [5, 5.41) is 6.96. The molecule has 2 aromatic rings. The van der Waals surface area contributed by atoms with Crippen molar-refractivity contribution in [2.75, 3.05) is 0 Å². The average Bonchev–Trinajstić information content (AvgIpc) is 2.81. The largest absolute Gasteiger partial charge is 0.335 e. The van der Waals surface area contributed by atoms with E-state index in [0.717, 1.165) is 4.47 Å². The van der Waals surface area contributed by atoms with Crippen molar-refractivity contribution >= 4 is 27.5 Å². The van der Waals surface area contributed by atoms with Crippen molar-refractivity contribution in [1.82, 2.24) is 19.9 Å². The van der Waals surface area contributed by atoms with Crippen LogP contribution in [0, 0.1) is 12.3 Å². The normalized spacial score (nSPS) is 13.8. The van der Waals surface area contributed by atoms with Crippen LogP contribution in [0.1, 0.15) is 30.8 Å². The second-order valence-electron chi connectivity index (χ2n) is 4.39. The van der Waals surface area contributed by atoms with E-state index in [0.29, 0.717) is 17.8 Å². The summed E-state index contributed by atoms with van der Waals surface area (Å²) in [4.78, 5) is 16.3. The minimum atomic E-state index is -0.666. The summed E-state index contributed by atoms with van der Waals surface area (Å²) >= 11 is 3.30. The van der Waals surface area contributed by atoms with Crippen LogP contribution in [0.5, 0.6) is 0 Å². The van der Waals surface area contributed by atoms with Gasteiger partial charge in [0, 0.05) is 18.5 Å². The molecule has 0 spiro atoms. The number of carbonyl (C=O) groups excluding carboxylic acids is 1. The number of nitrogens with one attached hydrogen (secondary N) is 1. The molecule has 6 heteroatoms. The molecule has 0 radical (unpaired) electrons. The molecule has 0 saturated carbocycles. The maximum absolute atomic E-state index is 12.1. The van der Waals surface area contributed by atoms with Gasteiger partial charge in [-0.15, -0.1) is 6.42 Å². The van der Waals surface area contributed by atoms with E-state index in [1.165, 1.54) is 4.52 Å². The number of amides is 1. The number of halogens is 1. The molecular weight excluding hydrogens is 308 g/mol. The van der Waals surface area contributed by atoms with E-state index in [4.69, 9.17) is 6.42 Å². The van der Waals surface area contributed by atoms with Gasteiger partial charge in [0.2, 0.25) is 0 Å². The van der Waals surface area contributed by atoms with Crippen LogP contribution in [0.3, 0.4) is 0 Å². The lowest BCUT2D eigenvalue weighted by molar-refractivity contribution is 0.0918. The fourth-order valence-corrected chi connectivity index (χ4v) is 1.80. The number of nitrogens with zero attached hydrogens (tertiary/aromatic N) is 3. The summed E-state index contributed by atoms with van der Waals surface area (Å²) in [6.45, 7) is 3.72. The molecular formula is C13H13BrN4O. The van der Waals surface area contributed by atoms with Gasteiger partial charge in [-0.1, -0.05) is 12.8 Å². The van der Waals surface area contributed by atoms with E-state index in [1.54, 1.807) is 25.4 Å². The zero-order valence-corrected chi connectivity index (χ0v) is 12.2. The third-order valence-electron chi connectivity index (χ3n) is 2.93. The first-order chi connectivity index (χ1) is 8.97. The third-order valence-corrected chi connectivity index (χ3v) is 3.34. The van der Waals surface area contributed by atoms with E-state index in [1.807, 2.05) is 6.92 Å². The lowest BCUT2D eigenvalue weighted by Crippen LogP contribution is -2.44. The Balaban J connectivity index is 2.30. The van der Waals surface area contributed by atoms with E-state index in [9.17, 15) is 4.79 Å². The number of rotatable bonds is 3. The highest BCUT2D eigenvalue weighted by Gasteiger charge is 2.23. The van der Waals surface area contributed by atoms with Crippen molar-refractivity contribution in [3.05, 3.63) is 28.6 Å². The molecule has 0 aliphatic carbocycles. The van der Waals surface area contributed by atoms with Gasteiger partial charge in [0.15, 0.2) is 11.3 Å². The average molecular weight is 321 g/mol. The van der Waals surface area contributed by atoms with Crippen molar-refractivity contribution in [1.29, 1.82) is 0 Å². The summed E-state index contributed by atoms with van der Waals surface area (Å²) in [5.41, 5.74) is 0.230. The Hall–Kier alpha value is -1.87. The molecule has 0 aromatic carbocycles. The van der Waals surface area contributed by atoms with Crippen molar-refractivity contribution in [2.24, 2.45) is 0 Å². The van der Waals surface area contributed by atoms with Gasteiger partial charge in [-0.2, -0.15) is 5.10 Å². The van der Waals surface area contributed by atoms with Crippen LogP contribution in [0.2, 0.25) is 0 Å². The Morgan fingerprint density at radius 3 is 3.05 bits per heavy atom. The Bertz CT molecular complexity index is 673. The fraction of sp³-hybridized carbons (Fsp3) is 0.308. The van der Waals surface area contributed by atoms with E-state index >= 15 is 0 Å². The minimum Gasteiger partial charge on any atom is -0.335 e. The van der Waals surface area contributed by atoms with Crippen molar-refractivity contribution in [3.8, 4) is 12.3 Å². The first-order valence-corrected chi connectivity index (χ1v) is 6.58. The minimum absolute atomic E-state index is 0.292. The van der Waals surface area contributed by atoms with Crippen LogP contribution in [0.25, 0.3) is 5.65 Å². The highest BCUT2D eigenvalue weighted by atomic mass is 79.9. The van der Waals surface area contributed by atoms with Gasteiger partial charge in [-0.3, -0.25) is 4.79 Å². The number of fused-ring (bicyclic) bond motifs is 1. The standard InChI is InChI=1S/C13H13BrN4O/c1-4-13(3,5-2)16-12(19)10-6-11-15-7-9(14)8-18(11)17-10/h1,6-8H,5H2,2-3H3,(H,16,19). The molecule has 0 fully saturated rings. The fourth-order valence-electron chi connectivity index (χ4n) is 1.51. The van der Waals surface area contributed by atoms with E-state index in [2.05, 4.69) is 37.2 Å². The molecule has 1 N–H and O–H groups in total. The second-order valence-corrected chi connectivity index (χ2v) is 5.30. The Kier molecular flexibility index (Phi) is 3.58. The first kappa shape index (κ1) is 13.6. The van der Waals surface area contributed by atoms with Gasteiger partial charge in [-0.05, 0) is 29.3 Å². The molecule has 2 rings (SSSR count). The lowest BCUT2D eigenvalue weighted by Gasteiger charge is -2.22. The number of hydrogen-bond donors (Lipinski definition) is 1. The Morgan fingerprint density at radius 2 is 2.42 bits per heavy atom. The van der Waals surface area contributed by atoms with Crippen LogP contribution in [0.15, 0.2) is 22.9 Å². The Morgan fingerprint density at radius 1 is 1.68 bits per heavy atom. The topological polar surface area (TPSA) is 59.3 Å². The molecule has 1 atom stereocenters. The molecule has 2 aromatic heterocycles. The summed E-state index contributed by atoms with van der Waals surface area (Å²) in [6.07, 6.45) is 9.46. The molecule has 98 valence electrons. The predicted molar refractivity (Wildman–Crippen MR) is 75.7 cm³/mol. The highest BCUT2D eigenvalue weighted by Crippen LogP contribution is 2.12. The molecule has 19 heavy (non-hydrogen) atoms. The van der Waals surface area contributed by atoms with Crippen LogP contribution < -0.4 is 5.32 Å². The smallest absolute Gasteiger partial charge is 0.273 e. The zero-order valence-electron chi connectivity index (χ0n) is 10.6. The van der Waals surface area contributed by atoms with Gasteiger partial charge in [0.05, 0.1) is 10.0 Å². The maximum Gasteiger partial charge on any atom is 0.273 e. The van der Waals surface area contributed by atoms with Crippen molar-refractivity contribution < 1.29 is 4.79 Å². The molecule has 1 unspecified atom stereocenters. The number of aromatic nitrogens is 3. The van der Waals surface area contributed by atoms with Gasteiger partial charge >= 0.3 is 0 Å². The second kappa shape index (κ2) is 5.02. The van der Waals surface area contributed by atoms with E-state index < -0.39 is 5.54 Å². The van der Waals surface area contributed by atoms with Crippen LogP contribution >= 0.6 is 15.9 Å². The molecule has 0 bridgehead atoms. The molecule has 0 aliphatic heterocycles. The van der Waals surface area contributed by atoms with Crippen molar-refractivity contribution in [3.63, 3.8) is 0 Å². The van der Waals surface area contributed by atoms with Crippen LogP contribution in [-0.2, 0) is 0 Å². The third kappa shape index (κ3) is 2.76. The zero-order chi connectivity index (χ0) is 14.0. The summed E-state index contributed by atoms with van der Waals surface area (Å²) in [7, 11) is 0. The SMILES string of the molecule is C#CC(C)(CC)NC(=O)c1cc2ncc(Br)cn2n1. The summed E-state index contributed by atoms with van der Waals surface area (Å²) < 4.78 is 2.33. The highest BCUT2D eigenvalue weighted by molar-refractivity contribution is 9.10. The number of hydrogen-bond acceptors (Lipinski definition) is 3. The van der Waals surface area contributed by atoms with Gasteiger partial charge in [-0.25, -0.2) is 9.50 Å². The summed E-state index contributed by atoms with van der Waals surface area (Å²) in [5.74, 6) is 2.28. The Labute approximate surface area is 119 Å². The maximum atomic E-state index is 12.1. The molecule has 1 amide bonds. The quantitative estimate of drug-likeness (QED) is 0.880. The molecule has 2 heterocycles. The monoisotopic (exact) mass is 320 g/mol. The van der Waals surface area contributed by atoms with Crippen LogP contribution in [0.4, 0.5) is 0 Å². The van der Waals surface area contributed by atoms with Gasteiger partial charge in [0.1, 0.15) is 0 Å².